The summed E-state index contributed by atoms with van der Waals surface area (Å²) < 4.78 is 1.97. The minimum absolute atomic E-state index is 0.0892. The van der Waals surface area contributed by atoms with Crippen LogP contribution in [0.15, 0.2) is 42.6 Å². The van der Waals surface area contributed by atoms with Gasteiger partial charge < -0.3 is 9.72 Å². The molecule has 1 aromatic carbocycles. The monoisotopic (exact) mass is 313 g/mol. The minimum Gasteiger partial charge on any atom is -0.326 e. The molecule has 0 fully saturated rings. The van der Waals surface area contributed by atoms with Crippen LogP contribution in [0.4, 0.5) is 5.69 Å². The summed E-state index contributed by atoms with van der Waals surface area (Å²) in [5.74, 6) is -0.0892. The number of imidazole rings is 1. The number of aromatic nitrogens is 2. The molecule has 2 aromatic heterocycles. The zero-order chi connectivity index (χ0) is 15.7. The van der Waals surface area contributed by atoms with Crippen LogP contribution in [0.3, 0.4) is 0 Å². The Kier molecular flexibility index (Phi) is 3.86. The van der Waals surface area contributed by atoms with E-state index in [0.29, 0.717) is 10.7 Å². The van der Waals surface area contributed by atoms with Crippen LogP contribution in [0.1, 0.15) is 17.0 Å². The average molecular weight is 314 g/mol. The molecule has 1 amide bonds. The Hall–Kier alpha value is -2.33. The summed E-state index contributed by atoms with van der Waals surface area (Å²) in [5.41, 5.74) is 4.45. The van der Waals surface area contributed by atoms with Crippen molar-refractivity contribution < 1.29 is 4.79 Å². The van der Waals surface area contributed by atoms with Crippen LogP contribution in [0.2, 0.25) is 5.02 Å². The molecule has 0 aliphatic rings. The highest BCUT2D eigenvalue weighted by Gasteiger charge is 2.14. The highest BCUT2D eigenvalue weighted by molar-refractivity contribution is 6.30. The Balaban J connectivity index is 1.85. The van der Waals surface area contributed by atoms with Crippen molar-refractivity contribution in [3.8, 4) is 0 Å². The van der Waals surface area contributed by atoms with Crippen LogP contribution in [0.5, 0.6) is 0 Å². The molecule has 0 saturated heterocycles. The second kappa shape index (κ2) is 5.81. The number of anilines is 1. The zero-order valence-electron chi connectivity index (χ0n) is 12.4. The highest BCUT2D eigenvalue weighted by atomic mass is 35.5. The predicted octanol–water partition coefficient (Wildman–Crippen LogP) is 3.79. The third-order valence-electron chi connectivity index (χ3n) is 3.58. The first-order valence-electron chi connectivity index (χ1n) is 7.03. The average Bonchev–Trinajstić information content (AvgIpc) is 2.77. The van der Waals surface area contributed by atoms with Gasteiger partial charge in [0.2, 0.25) is 5.91 Å². The van der Waals surface area contributed by atoms with Crippen LogP contribution < -0.4 is 5.32 Å². The lowest BCUT2D eigenvalue weighted by atomic mass is 10.2. The molecule has 2 heterocycles. The Morgan fingerprint density at radius 1 is 1.27 bits per heavy atom. The first kappa shape index (κ1) is 14.6. The Morgan fingerprint density at radius 3 is 2.86 bits per heavy atom. The van der Waals surface area contributed by atoms with Crippen LogP contribution in [0, 0.1) is 13.8 Å². The van der Waals surface area contributed by atoms with Gasteiger partial charge in [-0.15, -0.1) is 0 Å². The molecule has 3 aromatic rings. The highest BCUT2D eigenvalue weighted by Crippen LogP contribution is 2.18. The molecule has 0 aliphatic heterocycles. The van der Waals surface area contributed by atoms with Crippen molar-refractivity contribution >= 4 is 28.8 Å². The Labute approximate surface area is 133 Å². The SMILES string of the molecule is Cc1nc2c(C)cccn2c1CC(=O)Nc1cccc(Cl)c1. The van der Waals surface area contributed by atoms with E-state index in [9.17, 15) is 4.79 Å². The number of halogens is 1. The Morgan fingerprint density at radius 2 is 2.09 bits per heavy atom. The van der Waals surface area contributed by atoms with Crippen molar-refractivity contribution in [1.82, 2.24) is 9.38 Å². The first-order valence-corrected chi connectivity index (χ1v) is 7.41. The molecule has 4 nitrogen and oxygen atoms in total. The van der Waals surface area contributed by atoms with E-state index in [0.717, 1.165) is 22.6 Å². The third kappa shape index (κ3) is 2.83. The van der Waals surface area contributed by atoms with Gasteiger partial charge in [0.1, 0.15) is 5.65 Å². The summed E-state index contributed by atoms with van der Waals surface area (Å²) in [4.78, 5) is 16.8. The van der Waals surface area contributed by atoms with Crippen molar-refractivity contribution in [3.05, 3.63) is 64.6 Å². The van der Waals surface area contributed by atoms with E-state index in [-0.39, 0.29) is 12.3 Å². The fourth-order valence-corrected chi connectivity index (χ4v) is 2.69. The van der Waals surface area contributed by atoms with E-state index in [1.807, 2.05) is 42.6 Å². The number of carbonyl (C=O) groups excluding carboxylic acids is 1. The van der Waals surface area contributed by atoms with Crippen molar-refractivity contribution in [2.45, 2.75) is 20.3 Å². The van der Waals surface area contributed by atoms with E-state index >= 15 is 0 Å². The maximum atomic E-state index is 12.3. The molecule has 112 valence electrons. The Bertz CT molecular complexity index is 854. The number of amides is 1. The number of benzene rings is 1. The van der Waals surface area contributed by atoms with Gasteiger partial charge in [0.15, 0.2) is 0 Å². The van der Waals surface area contributed by atoms with E-state index < -0.39 is 0 Å². The van der Waals surface area contributed by atoms with E-state index in [4.69, 9.17) is 11.6 Å². The smallest absolute Gasteiger partial charge is 0.230 e. The lowest BCUT2D eigenvalue weighted by molar-refractivity contribution is -0.115. The largest absolute Gasteiger partial charge is 0.326 e. The minimum atomic E-state index is -0.0892. The molecule has 0 bridgehead atoms. The van der Waals surface area contributed by atoms with Crippen LogP contribution in [-0.2, 0) is 11.2 Å². The molecule has 0 saturated carbocycles. The van der Waals surface area contributed by atoms with Crippen molar-refractivity contribution in [3.63, 3.8) is 0 Å². The number of hydrogen-bond donors (Lipinski definition) is 1. The molecule has 22 heavy (non-hydrogen) atoms. The molecular weight excluding hydrogens is 298 g/mol. The summed E-state index contributed by atoms with van der Waals surface area (Å²) in [7, 11) is 0. The molecule has 3 rings (SSSR count). The standard InChI is InChI=1S/C17H16ClN3O/c1-11-5-4-8-21-15(12(2)19-17(11)21)10-16(22)20-14-7-3-6-13(18)9-14/h3-9H,10H2,1-2H3,(H,20,22). The number of pyridine rings is 1. The zero-order valence-corrected chi connectivity index (χ0v) is 13.2. The van der Waals surface area contributed by atoms with Crippen molar-refractivity contribution in [2.24, 2.45) is 0 Å². The second-order valence-corrected chi connectivity index (χ2v) is 5.70. The van der Waals surface area contributed by atoms with E-state index in [1.165, 1.54) is 0 Å². The molecule has 0 spiro atoms. The number of rotatable bonds is 3. The quantitative estimate of drug-likeness (QED) is 0.799. The molecular formula is C17H16ClN3O. The van der Waals surface area contributed by atoms with E-state index in [1.54, 1.807) is 18.2 Å². The van der Waals surface area contributed by atoms with E-state index in [2.05, 4.69) is 10.3 Å². The number of nitrogens with zero attached hydrogens (tertiary/aromatic N) is 2. The lowest BCUT2D eigenvalue weighted by Crippen LogP contribution is -2.16. The number of carbonyl (C=O) groups is 1. The fourth-order valence-electron chi connectivity index (χ4n) is 2.50. The summed E-state index contributed by atoms with van der Waals surface area (Å²) in [6.45, 7) is 3.94. The maximum Gasteiger partial charge on any atom is 0.230 e. The number of fused-ring (bicyclic) bond motifs is 1. The molecule has 0 radical (unpaired) electrons. The van der Waals surface area contributed by atoms with Crippen LogP contribution >= 0.6 is 11.6 Å². The normalized spacial score (nSPS) is 10.9. The first-order chi connectivity index (χ1) is 10.5. The summed E-state index contributed by atoms with van der Waals surface area (Å²) in [6.07, 6.45) is 2.20. The molecule has 0 unspecified atom stereocenters. The molecule has 5 heteroatoms. The van der Waals surface area contributed by atoms with Gasteiger partial charge in [0.05, 0.1) is 17.8 Å². The van der Waals surface area contributed by atoms with Crippen molar-refractivity contribution in [2.75, 3.05) is 5.32 Å². The topological polar surface area (TPSA) is 46.4 Å². The van der Waals surface area contributed by atoms with Crippen LogP contribution in [-0.4, -0.2) is 15.3 Å². The molecule has 1 N–H and O–H groups in total. The van der Waals surface area contributed by atoms with Crippen LogP contribution in [0.25, 0.3) is 5.65 Å². The fraction of sp³-hybridized carbons (Fsp3) is 0.176. The van der Waals surface area contributed by atoms with Gasteiger partial charge >= 0.3 is 0 Å². The van der Waals surface area contributed by atoms with Gasteiger partial charge in [0, 0.05) is 16.9 Å². The number of hydrogen-bond acceptors (Lipinski definition) is 2. The summed E-state index contributed by atoms with van der Waals surface area (Å²) in [6, 6.07) is 11.1. The van der Waals surface area contributed by atoms with Gasteiger partial charge in [-0.3, -0.25) is 4.79 Å². The number of nitrogens with one attached hydrogen (secondary N) is 1. The summed E-state index contributed by atoms with van der Waals surface area (Å²) in [5, 5.41) is 3.46. The third-order valence-corrected chi connectivity index (χ3v) is 3.82. The van der Waals surface area contributed by atoms with Gasteiger partial charge in [0.25, 0.3) is 0 Å². The maximum absolute atomic E-state index is 12.3. The lowest BCUT2D eigenvalue weighted by Gasteiger charge is -2.07. The molecule has 0 aliphatic carbocycles. The van der Waals surface area contributed by atoms with Crippen molar-refractivity contribution in [1.29, 1.82) is 0 Å². The molecule has 0 atom stereocenters. The number of aryl methyl sites for hydroxylation is 2. The second-order valence-electron chi connectivity index (χ2n) is 5.26. The predicted molar refractivity (Wildman–Crippen MR) is 88.5 cm³/mol. The van der Waals surface area contributed by atoms with Gasteiger partial charge in [-0.1, -0.05) is 23.7 Å². The van der Waals surface area contributed by atoms with Gasteiger partial charge in [-0.05, 0) is 43.7 Å². The summed E-state index contributed by atoms with van der Waals surface area (Å²) >= 11 is 5.93. The van der Waals surface area contributed by atoms with Gasteiger partial charge in [-0.2, -0.15) is 0 Å². The van der Waals surface area contributed by atoms with Gasteiger partial charge in [-0.25, -0.2) is 4.98 Å².